The average Bonchev–Trinajstić information content (AvgIpc) is 2.65. The Hall–Kier alpha value is -2.85. The van der Waals surface area contributed by atoms with Crippen molar-refractivity contribution in [1.82, 2.24) is 0 Å². The van der Waals surface area contributed by atoms with Crippen LogP contribution >= 0.6 is 0 Å². The minimum Gasteiger partial charge on any atom is -0.550 e. The standard InChI is InChI=1S/C8H15NO4.C4H8O3.C3H8O3.2C2H4O2/c1-9(2,3)4-5-13-8(12)6-7(10)11;1-2-3(5)4(6)7;4-1-3(6)2-5;2*1-2(3)4/h4-6H2,1-3H3;3,5H,2H2,1H3,(H,6,7);3-6H,1-2H2;2*1H3,(H,3,4). The van der Waals surface area contributed by atoms with Crippen LogP contribution in [-0.2, 0) is 28.7 Å². The largest absolute Gasteiger partial charge is 0.550 e. The molecule has 0 radical (unpaired) electrons. The van der Waals surface area contributed by atoms with Gasteiger partial charge in [0, 0.05) is 13.8 Å². The van der Waals surface area contributed by atoms with Crippen molar-refractivity contribution in [2.75, 3.05) is 47.5 Å². The van der Waals surface area contributed by atoms with Crippen molar-refractivity contribution >= 4 is 29.8 Å². The highest BCUT2D eigenvalue weighted by molar-refractivity contribution is 5.88. The zero-order valence-electron chi connectivity index (χ0n) is 20.3. The summed E-state index contributed by atoms with van der Waals surface area (Å²) in [5.41, 5.74) is 0. The highest BCUT2D eigenvalue weighted by atomic mass is 16.5. The molecule has 0 bridgehead atoms. The van der Waals surface area contributed by atoms with Gasteiger partial charge in [-0.25, -0.2) is 4.79 Å². The molecule has 0 rings (SSSR count). The Balaban J connectivity index is -0.000000113. The summed E-state index contributed by atoms with van der Waals surface area (Å²) in [6.45, 7) is 3.93. The Morgan fingerprint density at radius 1 is 0.882 bits per heavy atom. The molecular weight excluding hydrogens is 466 g/mol. The summed E-state index contributed by atoms with van der Waals surface area (Å²) in [4.78, 5) is 48.3. The summed E-state index contributed by atoms with van der Waals surface area (Å²) in [5, 5.41) is 65.1. The van der Waals surface area contributed by atoms with Crippen molar-refractivity contribution in [2.24, 2.45) is 0 Å². The van der Waals surface area contributed by atoms with Gasteiger partial charge in [-0.2, -0.15) is 0 Å². The van der Waals surface area contributed by atoms with E-state index < -0.39 is 48.5 Å². The molecule has 0 aliphatic rings. The van der Waals surface area contributed by atoms with Gasteiger partial charge in [0.1, 0.15) is 19.3 Å². The summed E-state index contributed by atoms with van der Waals surface area (Å²) >= 11 is 0. The van der Waals surface area contributed by atoms with Crippen LogP contribution in [-0.4, -0.2) is 130 Å². The number of ether oxygens (including phenoxy) is 1. The van der Waals surface area contributed by atoms with Gasteiger partial charge in [0.05, 0.1) is 46.7 Å². The van der Waals surface area contributed by atoms with Crippen molar-refractivity contribution in [3.05, 3.63) is 0 Å². The lowest BCUT2D eigenvalue weighted by Crippen LogP contribution is -2.38. The van der Waals surface area contributed by atoms with Crippen molar-refractivity contribution in [1.29, 1.82) is 0 Å². The molecule has 0 saturated heterocycles. The third-order valence-electron chi connectivity index (χ3n) is 2.41. The number of hydrogen-bond donors (Lipinski definition) is 7. The fraction of sp³-hybridized carbons (Fsp3) is 0.737. The van der Waals surface area contributed by atoms with Crippen LogP contribution in [0.15, 0.2) is 0 Å². The second kappa shape index (κ2) is 26.4. The van der Waals surface area contributed by atoms with Crippen LogP contribution in [0.1, 0.15) is 33.6 Å². The fourth-order valence-corrected chi connectivity index (χ4v) is 0.835. The molecule has 15 heteroatoms. The van der Waals surface area contributed by atoms with E-state index in [2.05, 4.69) is 4.74 Å². The number of esters is 1. The van der Waals surface area contributed by atoms with Gasteiger partial charge in [-0.3, -0.25) is 14.4 Å². The van der Waals surface area contributed by atoms with Crippen molar-refractivity contribution in [2.45, 2.75) is 45.8 Å². The van der Waals surface area contributed by atoms with Crippen molar-refractivity contribution in [3.63, 3.8) is 0 Å². The molecule has 15 nitrogen and oxygen atoms in total. The first kappa shape index (κ1) is 41.4. The fourth-order valence-electron chi connectivity index (χ4n) is 0.835. The average molecular weight is 506 g/mol. The Labute approximate surface area is 198 Å². The number of nitrogens with zero attached hydrogens (tertiary/aromatic N) is 1. The molecule has 0 fully saturated rings. The number of aliphatic hydroxyl groups is 4. The van der Waals surface area contributed by atoms with Gasteiger partial charge in [-0.05, 0) is 6.42 Å². The molecule has 7 N–H and O–H groups in total. The quantitative estimate of drug-likeness (QED) is 0.0921. The third-order valence-corrected chi connectivity index (χ3v) is 2.41. The van der Waals surface area contributed by atoms with Gasteiger partial charge in [0.2, 0.25) is 0 Å². The van der Waals surface area contributed by atoms with Crippen LogP contribution in [0.4, 0.5) is 0 Å². The minimum absolute atomic E-state index is 0.232. The molecule has 0 aliphatic carbocycles. The Morgan fingerprint density at radius 2 is 1.24 bits per heavy atom. The monoisotopic (exact) mass is 505 g/mol. The predicted molar refractivity (Wildman–Crippen MR) is 114 cm³/mol. The van der Waals surface area contributed by atoms with E-state index in [9.17, 15) is 19.5 Å². The first-order valence-electron chi connectivity index (χ1n) is 9.62. The van der Waals surface area contributed by atoms with Gasteiger partial charge < -0.3 is 54.9 Å². The van der Waals surface area contributed by atoms with E-state index in [0.29, 0.717) is 11.0 Å². The minimum atomic E-state index is -1.41. The Morgan fingerprint density at radius 3 is 1.38 bits per heavy atom. The first-order chi connectivity index (χ1) is 15.3. The summed E-state index contributed by atoms with van der Waals surface area (Å²) in [6.07, 6.45) is -2.53. The van der Waals surface area contributed by atoms with E-state index in [1.165, 1.54) is 0 Å². The van der Waals surface area contributed by atoms with Crippen molar-refractivity contribution in [3.8, 4) is 0 Å². The summed E-state index contributed by atoms with van der Waals surface area (Å²) in [6, 6.07) is 0. The van der Waals surface area contributed by atoms with Gasteiger partial charge in [-0.1, -0.05) is 6.92 Å². The van der Waals surface area contributed by atoms with Crippen LogP contribution in [0, 0.1) is 0 Å². The molecule has 0 aromatic heterocycles. The summed E-state index contributed by atoms with van der Waals surface area (Å²) in [5.74, 6) is -4.97. The maximum Gasteiger partial charge on any atom is 0.332 e. The molecule has 0 saturated carbocycles. The number of rotatable bonds is 9. The number of hydrogen-bond acceptors (Lipinski definition) is 11. The van der Waals surface area contributed by atoms with Gasteiger partial charge in [0.25, 0.3) is 11.9 Å². The number of carbonyl (C=O) groups excluding carboxylic acids is 2. The molecule has 204 valence electrons. The number of carboxylic acids is 4. The van der Waals surface area contributed by atoms with Crippen LogP contribution < -0.4 is 5.11 Å². The normalized spacial score (nSPS) is 10.2. The Bertz CT molecular complexity index is 536. The number of aliphatic carboxylic acids is 4. The van der Waals surface area contributed by atoms with E-state index in [1.54, 1.807) is 6.92 Å². The van der Waals surface area contributed by atoms with Gasteiger partial charge in [0.15, 0.2) is 6.10 Å². The number of carbonyl (C=O) groups is 5. The number of likely N-dealkylation sites (N-methyl/N-ethyl adjacent to an activating group) is 1. The topological polar surface area (TPSA) is 259 Å². The molecule has 0 amide bonds. The van der Waals surface area contributed by atoms with Crippen LogP contribution in [0.5, 0.6) is 0 Å². The van der Waals surface area contributed by atoms with Crippen molar-refractivity contribution < 1.29 is 74.0 Å². The number of quaternary nitrogens is 1. The van der Waals surface area contributed by atoms with Gasteiger partial charge in [-0.15, -0.1) is 0 Å². The zero-order valence-corrected chi connectivity index (χ0v) is 20.3. The summed E-state index contributed by atoms with van der Waals surface area (Å²) < 4.78 is 5.32. The molecule has 0 aliphatic heterocycles. The molecule has 34 heavy (non-hydrogen) atoms. The highest BCUT2D eigenvalue weighted by Crippen LogP contribution is 1.91. The molecule has 1 atom stereocenters. The third kappa shape index (κ3) is 70.1. The number of carboxylic acid groups (broad SMARTS) is 4. The lowest BCUT2D eigenvalue weighted by Gasteiger charge is -2.23. The van der Waals surface area contributed by atoms with E-state index in [4.69, 9.17) is 45.3 Å². The Kier molecular flexibility index (Phi) is 32.2. The van der Waals surface area contributed by atoms with Crippen LogP contribution in [0.2, 0.25) is 0 Å². The molecule has 0 heterocycles. The maximum absolute atomic E-state index is 10.7. The molecule has 0 aromatic carbocycles. The maximum atomic E-state index is 10.7. The second-order valence-corrected chi connectivity index (χ2v) is 7.10. The predicted octanol–water partition coefficient (Wildman–Crippen LogP) is -3.27. The SMILES string of the molecule is CC(=O)O.CC(=O)O.CCC(O)C(=O)O.C[N+](C)(C)CCOC(=O)CC(=O)[O-].OCC(O)CO. The van der Waals surface area contributed by atoms with Gasteiger partial charge >= 0.3 is 11.9 Å². The molecule has 0 spiro atoms. The molecular formula is C19H39NO14. The molecule has 0 aromatic rings. The van der Waals surface area contributed by atoms with E-state index >= 15 is 0 Å². The smallest absolute Gasteiger partial charge is 0.332 e. The van der Waals surface area contributed by atoms with Crippen LogP contribution in [0.3, 0.4) is 0 Å². The number of aliphatic hydroxyl groups excluding tert-OH is 4. The summed E-state index contributed by atoms with van der Waals surface area (Å²) in [7, 11) is 5.85. The molecule has 1 unspecified atom stereocenters. The first-order valence-corrected chi connectivity index (χ1v) is 9.62. The lowest BCUT2D eigenvalue weighted by molar-refractivity contribution is -0.870. The van der Waals surface area contributed by atoms with Crippen LogP contribution in [0.25, 0.3) is 0 Å². The highest BCUT2D eigenvalue weighted by Gasteiger charge is 2.09. The second-order valence-electron chi connectivity index (χ2n) is 7.10. The van der Waals surface area contributed by atoms with E-state index in [-0.39, 0.29) is 26.2 Å². The van der Waals surface area contributed by atoms with E-state index in [1.807, 2.05) is 21.1 Å². The zero-order chi connectivity index (χ0) is 28.5. The lowest BCUT2D eigenvalue weighted by atomic mass is 10.3. The van der Waals surface area contributed by atoms with E-state index in [0.717, 1.165) is 13.8 Å².